The van der Waals surface area contributed by atoms with Gasteiger partial charge in [-0.15, -0.1) is 0 Å². The average molecular weight is 595 g/mol. The number of alkyl halides is 3. The van der Waals surface area contributed by atoms with Crippen LogP contribution in [0.3, 0.4) is 0 Å². The van der Waals surface area contributed by atoms with E-state index in [2.05, 4.69) is 23.8 Å². The van der Waals surface area contributed by atoms with Gasteiger partial charge < -0.3 is 9.47 Å². The van der Waals surface area contributed by atoms with E-state index < -0.39 is 29.5 Å². The summed E-state index contributed by atoms with van der Waals surface area (Å²) < 4.78 is 71.2. The Balaban J connectivity index is 1.48. The van der Waals surface area contributed by atoms with Gasteiger partial charge in [0.15, 0.2) is 0 Å². The second-order valence-corrected chi connectivity index (χ2v) is 11.7. The van der Waals surface area contributed by atoms with Crippen LogP contribution in [0, 0.1) is 11.9 Å². The molecule has 0 spiro atoms. The molecular formula is C34H50F4N2O2. The van der Waals surface area contributed by atoms with E-state index in [9.17, 15) is 4.39 Å². The van der Waals surface area contributed by atoms with E-state index in [0.717, 1.165) is 58.0 Å². The highest BCUT2D eigenvalue weighted by Crippen LogP contribution is 2.47. The van der Waals surface area contributed by atoms with E-state index in [1.54, 1.807) is 12.1 Å². The molecule has 0 bridgehead atoms. The number of aromatic nitrogens is 2. The molecule has 2 atom stereocenters. The Morgan fingerprint density at radius 3 is 2.33 bits per heavy atom. The third-order valence-corrected chi connectivity index (χ3v) is 8.20. The van der Waals surface area contributed by atoms with Crippen LogP contribution in [-0.2, 0) is 17.1 Å². The van der Waals surface area contributed by atoms with Crippen molar-refractivity contribution in [3.05, 3.63) is 41.5 Å². The van der Waals surface area contributed by atoms with Crippen molar-refractivity contribution in [3.8, 4) is 17.1 Å². The van der Waals surface area contributed by atoms with Crippen molar-refractivity contribution in [2.24, 2.45) is 5.92 Å². The maximum Gasteiger partial charge on any atom is 0.280 e. The van der Waals surface area contributed by atoms with Gasteiger partial charge in [0.2, 0.25) is 5.95 Å². The average Bonchev–Trinajstić information content (AvgIpc) is 2.97. The lowest BCUT2D eigenvalue weighted by Crippen LogP contribution is -2.33. The zero-order chi connectivity index (χ0) is 30.2. The van der Waals surface area contributed by atoms with E-state index in [1.165, 1.54) is 31.5 Å². The minimum Gasteiger partial charge on any atom is -0.489 e. The molecule has 0 saturated carbocycles. The van der Waals surface area contributed by atoms with E-state index >= 15 is 13.2 Å². The molecule has 4 nitrogen and oxygen atoms in total. The fourth-order valence-electron chi connectivity index (χ4n) is 5.65. The number of hydrogen-bond donors (Lipinski definition) is 0. The van der Waals surface area contributed by atoms with Crippen LogP contribution in [0.4, 0.5) is 17.6 Å². The normalized spacial score (nSPS) is 16.8. The fourth-order valence-corrected chi connectivity index (χ4v) is 5.65. The summed E-state index contributed by atoms with van der Waals surface area (Å²) >= 11 is 0. The molecule has 0 radical (unpaired) electrons. The molecule has 0 N–H and O–H groups in total. The maximum absolute atomic E-state index is 15.4. The molecule has 2 heterocycles. The molecule has 1 aliphatic rings. The van der Waals surface area contributed by atoms with Crippen molar-refractivity contribution >= 4 is 0 Å². The predicted molar refractivity (Wildman–Crippen MR) is 160 cm³/mol. The van der Waals surface area contributed by atoms with Crippen molar-refractivity contribution in [3.63, 3.8) is 0 Å². The Hall–Kier alpha value is -2.22. The topological polar surface area (TPSA) is 44.2 Å². The molecule has 0 amide bonds. The lowest BCUT2D eigenvalue weighted by Gasteiger charge is -2.33. The number of pyridine rings is 2. The first-order chi connectivity index (χ1) is 20.4. The number of halogens is 4. The summed E-state index contributed by atoms with van der Waals surface area (Å²) in [6.45, 7) is 5.68. The number of hydrogen-bond acceptors (Lipinski definition) is 4. The zero-order valence-corrected chi connectivity index (χ0v) is 25.6. The first-order valence-electron chi connectivity index (χ1n) is 16.3. The summed E-state index contributed by atoms with van der Waals surface area (Å²) in [4.78, 5) is 8.16. The van der Waals surface area contributed by atoms with Crippen LogP contribution in [0.2, 0.25) is 0 Å². The number of aryl methyl sites for hydroxylation is 1. The molecule has 42 heavy (non-hydrogen) atoms. The monoisotopic (exact) mass is 594 g/mol. The summed E-state index contributed by atoms with van der Waals surface area (Å²) in [6.07, 6.45) is 14.2. The van der Waals surface area contributed by atoms with Gasteiger partial charge in [0.25, 0.3) is 5.92 Å². The molecule has 236 valence electrons. The number of rotatable bonds is 21. The molecule has 0 aliphatic heterocycles. The molecule has 8 heteroatoms. The second kappa shape index (κ2) is 18.4. The maximum atomic E-state index is 15.4. The van der Waals surface area contributed by atoms with E-state index in [4.69, 9.17) is 9.47 Å². The van der Waals surface area contributed by atoms with Crippen LogP contribution < -0.4 is 4.74 Å². The van der Waals surface area contributed by atoms with Crippen LogP contribution >= 0.6 is 0 Å². The summed E-state index contributed by atoms with van der Waals surface area (Å²) in [7, 11) is 0. The first kappa shape index (κ1) is 34.3. The van der Waals surface area contributed by atoms with Gasteiger partial charge in [-0.3, -0.25) is 4.98 Å². The third kappa shape index (κ3) is 10.8. The number of unbranched alkanes of at least 4 members (excludes halogenated alkanes) is 9. The van der Waals surface area contributed by atoms with Crippen molar-refractivity contribution in [2.45, 2.75) is 129 Å². The van der Waals surface area contributed by atoms with Gasteiger partial charge in [0.1, 0.15) is 18.5 Å². The van der Waals surface area contributed by atoms with Crippen molar-refractivity contribution in [1.82, 2.24) is 9.97 Å². The van der Waals surface area contributed by atoms with Crippen LogP contribution in [0.15, 0.2) is 24.4 Å². The Bertz CT molecular complexity index is 1030. The quantitative estimate of drug-likeness (QED) is 0.0819. The molecule has 0 saturated heterocycles. The summed E-state index contributed by atoms with van der Waals surface area (Å²) in [5, 5.41) is 0. The standard InChI is InChI=1S/C34H50F4N2O2/c1-3-5-7-8-9-12-16-28(35)25-42-29-19-20-30(39-24-29)31-23-26-17-18-27(34(37,38)32(26)33(36)40-31)15-11-10-14-22-41-21-13-6-4-2/h19-20,23-24,27-28H,3-18,21-22,25H2,1-2H3. The largest absolute Gasteiger partial charge is 0.489 e. The highest BCUT2D eigenvalue weighted by molar-refractivity contribution is 5.57. The molecule has 2 aromatic heterocycles. The van der Waals surface area contributed by atoms with E-state index in [-0.39, 0.29) is 17.9 Å². The van der Waals surface area contributed by atoms with Gasteiger partial charge in [-0.25, -0.2) is 18.2 Å². The van der Waals surface area contributed by atoms with Crippen LogP contribution in [0.25, 0.3) is 11.4 Å². The summed E-state index contributed by atoms with van der Waals surface area (Å²) in [5.74, 6) is -4.88. The zero-order valence-electron chi connectivity index (χ0n) is 25.6. The van der Waals surface area contributed by atoms with Gasteiger partial charge in [-0.1, -0.05) is 78.1 Å². The molecule has 2 aromatic rings. The molecule has 0 aromatic carbocycles. The molecule has 1 aliphatic carbocycles. The predicted octanol–water partition coefficient (Wildman–Crippen LogP) is 10.2. The lowest BCUT2D eigenvalue weighted by atomic mass is 9.78. The van der Waals surface area contributed by atoms with Gasteiger partial charge in [0.05, 0.1) is 23.1 Å². The van der Waals surface area contributed by atoms with Gasteiger partial charge in [-0.2, -0.15) is 4.39 Å². The number of ether oxygens (including phenoxy) is 2. The van der Waals surface area contributed by atoms with Gasteiger partial charge >= 0.3 is 0 Å². The Labute approximate surface area is 250 Å². The van der Waals surface area contributed by atoms with Crippen LogP contribution in [0.1, 0.15) is 121 Å². The molecular weight excluding hydrogens is 544 g/mol. The van der Waals surface area contributed by atoms with Gasteiger partial charge in [0, 0.05) is 19.1 Å². The van der Waals surface area contributed by atoms with E-state index in [1.807, 2.05) is 0 Å². The number of fused-ring (bicyclic) bond motifs is 1. The minimum atomic E-state index is -3.26. The first-order valence-corrected chi connectivity index (χ1v) is 16.3. The van der Waals surface area contributed by atoms with Crippen LogP contribution in [0.5, 0.6) is 5.75 Å². The highest BCUT2D eigenvalue weighted by Gasteiger charge is 2.47. The van der Waals surface area contributed by atoms with Crippen molar-refractivity contribution in [1.29, 1.82) is 0 Å². The summed E-state index contributed by atoms with van der Waals surface area (Å²) in [6, 6.07) is 4.75. The smallest absolute Gasteiger partial charge is 0.280 e. The Kier molecular flexibility index (Phi) is 15.1. The SMILES string of the molecule is CCCCCCCCC(F)COc1ccc(-c2cc3c(c(F)n2)C(F)(F)C(CCCCCOCCCCC)CC3)nc1. The summed E-state index contributed by atoms with van der Waals surface area (Å²) in [5.41, 5.74) is 0.282. The highest BCUT2D eigenvalue weighted by atomic mass is 19.3. The minimum absolute atomic E-state index is 0.0508. The fraction of sp³-hybridized carbons (Fsp3) is 0.706. The van der Waals surface area contributed by atoms with Crippen LogP contribution in [-0.4, -0.2) is 36.0 Å². The van der Waals surface area contributed by atoms with E-state index in [0.29, 0.717) is 50.2 Å². The lowest BCUT2D eigenvalue weighted by molar-refractivity contribution is -0.0825. The van der Waals surface area contributed by atoms with Crippen molar-refractivity contribution < 1.29 is 27.0 Å². The Morgan fingerprint density at radius 2 is 1.60 bits per heavy atom. The molecule has 3 rings (SSSR count). The Morgan fingerprint density at radius 1 is 0.905 bits per heavy atom. The third-order valence-electron chi connectivity index (χ3n) is 8.20. The number of nitrogens with zero attached hydrogens (tertiary/aromatic N) is 2. The second-order valence-electron chi connectivity index (χ2n) is 11.7. The molecule has 0 fully saturated rings. The van der Waals surface area contributed by atoms with Crippen molar-refractivity contribution in [2.75, 3.05) is 19.8 Å². The molecule has 2 unspecified atom stereocenters. The van der Waals surface area contributed by atoms with Gasteiger partial charge in [-0.05, 0) is 62.3 Å².